The Morgan fingerprint density at radius 3 is 2.58 bits per heavy atom. The minimum Gasteiger partial charge on any atom is -0.481 e. The molecule has 2 atom stereocenters. The average molecular weight is 455 g/mol. The lowest BCUT2D eigenvalue weighted by atomic mass is 9.87. The SMILES string of the molecule is CC[C@@H](Oc1ccc2c(c1)[C@H](c1cccc(F)c1)N(C(=O)CC(C)C)CC2)C(=O)N(C)CC. The summed E-state index contributed by atoms with van der Waals surface area (Å²) in [6, 6.07) is 11.9. The number of rotatable bonds is 8. The molecule has 5 nitrogen and oxygen atoms in total. The predicted molar refractivity (Wildman–Crippen MR) is 128 cm³/mol. The zero-order valence-corrected chi connectivity index (χ0v) is 20.3. The molecule has 0 spiro atoms. The highest BCUT2D eigenvalue weighted by Gasteiger charge is 2.33. The van der Waals surface area contributed by atoms with Crippen molar-refractivity contribution in [3.05, 3.63) is 65.0 Å². The number of halogens is 1. The lowest BCUT2D eigenvalue weighted by Crippen LogP contribution is -2.41. The van der Waals surface area contributed by atoms with Crippen LogP contribution in [0.3, 0.4) is 0 Å². The summed E-state index contributed by atoms with van der Waals surface area (Å²) < 4.78 is 20.3. The maximum Gasteiger partial charge on any atom is 0.263 e. The molecule has 6 heteroatoms. The van der Waals surface area contributed by atoms with Crippen LogP contribution >= 0.6 is 0 Å². The molecule has 0 N–H and O–H groups in total. The molecular formula is C27H35FN2O3. The molecule has 2 aromatic carbocycles. The van der Waals surface area contributed by atoms with Crippen LogP contribution in [-0.2, 0) is 16.0 Å². The first-order valence-corrected chi connectivity index (χ1v) is 11.8. The predicted octanol–water partition coefficient (Wildman–Crippen LogP) is 4.98. The van der Waals surface area contributed by atoms with E-state index in [1.165, 1.54) is 12.1 Å². The number of hydrogen-bond donors (Lipinski definition) is 0. The van der Waals surface area contributed by atoms with Crippen molar-refractivity contribution in [2.45, 2.75) is 59.1 Å². The van der Waals surface area contributed by atoms with E-state index >= 15 is 0 Å². The second-order valence-corrected chi connectivity index (χ2v) is 9.12. The summed E-state index contributed by atoms with van der Waals surface area (Å²) in [5, 5.41) is 0. The Bertz CT molecular complexity index is 991. The van der Waals surface area contributed by atoms with Gasteiger partial charge in [-0.2, -0.15) is 0 Å². The number of nitrogens with zero attached hydrogens (tertiary/aromatic N) is 2. The average Bonchev–Trinajstić information content (AvgIpc) is 2.80. The van der Waals surface area contributed by atoms with E-state index in [-0.39, 0.29) is 23.5 Å². The Morgan fingerprint density at radius 2 is 1.94 bits per heavy atom. The number of ether oxygens (including phenoxy) is 1. The van der Waals surface area contributed by atoms with Crippen LogP contribution in [0.15, 0.2) is 42.5 Å². The molecule has 0 radical (unpaired) electrons. The Balaban J connectivity index is 2.00. The maximum atomic E-state index is 14.2. The second-order valence-electron chi connectivity index (χ2n) is 9.12. The quantitative estimate of drug-likeness (QED) is 0.565. The van der Waals surface area contributed by atoms with Crippen molar-refractivity contribution in [1.82, 2.24) is 9.80 Å². The Labute approximate surface area is 196 Å². The first-order valence-electron chi connectivity index (χ1n) is 11.8. The molecule has 0 fully saturated rings. The van der Waals surface area contributed by atoms with Crippen molar-refractivity contribution < 1.29 is 18.7 Å². The lowest BCUT2D eigenvalue weighted by Gasteiger charge is -2.38. The van der Waals surface area contributed by atoms with Crippen LogP contribution in [0.1, 0.15) is 63.3 Å². The summed E-state index contributed by atoms with van der Waals surface area (Å²) in [6.45, 7) is 9.08. The first-order chi connectivity index (χ1) is 15.7. The highest BCUT2D eigenvalue weighted by molar-refractivity contribution is 5.81. The second kappa shape index (κ2) is 10.8. The summed E-state index contributed by atoms with van der Waals surface area (Å²) in [7, 11) is 1.76. The van der Waals surface area contributed by atoms with Crippen LogP contribution in [0.5, 0.6) is 5.75 Å². The number of carbonyl (C=O) groups excluding carboxylic acids is 2. The van der Waals surface area contributed by atoms with Crippen LogP contribution in [0.25, 0.3) is 0 Å². The van der Waals surface area contributed by atoms with Crippen molar-refractivity contribution >= 4 is 11.8 Å². The molecular weight excluding hydrogens is 419 g/mol. The Hall–Kier alpha value is -2.89. The van der Waals surface area contributed by atoms with Crippen LogP contribution < -0.4 is 4.74 Å². The van der Waals surface area contributed by atoms with Gasteiger partial charge in [-0.15, -0.1) is 0 Å². The maximum absolute atomic E-state index is 14.2. The van der Waals surface area contributed by atoms with E-state index in [9.17, 15) is 14.0 Å². The van der Waals surface area contributed by atoms with Gasteiger partial charge < -0.3 is 14.5 Å². The number of carbonyl (C=O) groups is 2. The fraction of sp³-hybridized carbons (Fsp3) is 0.481. The van der Waals surface area contributed by atoms with Crippen molar-refractivity contribution in [2.75, 3.05) is 20.1 Å². The highest BCUT2D eigenvalue weighted by Crippen LogP contribution is 2.38. The minimum absolute atomic E-state index is 0.0578. The summed E-state index contributed by atoms with van der Waals surface area (Å²) in [5.74, 6) is 0.477. The van der Waals surface area contributed by atoms with Gasteiger partial charge in [-0.1, -0.05) is 39.0 Å². The van der Waals surface area contributed by atoms with Crippen LogP contribution in [0.2, 0.25) is 0 Å². The molecule has 3 rings (SSSR count). The molecule has 0 unspecified atom stereocenters. The number of benzene rings is 2. The third-order valence-corrected chi connectivity index (χ3v) is 6.19. The topological polar surface area (TPSA) is 49.9 Å². The zero-order valence-electron chi connectivity index (χ0n) is 20.3. The van der Waals surface area contributed by atoms with Gasteiger partial charge in [-0.05, 0) is 66.6 Å². The number of amides is 2. The number of fused-ring (bicyclic) bond motifs is 1. The molecule has 178 valence electrons. The number of hydrogen-bond acceptors (Lipinski definition) is 3. The molecule has 2 aromatic rings. The molecule has 1 aliphatic rings. The highest BCUT2D eigenvalue weighted by atomic mass is 19.1. The molecule has 0 aromatic heterocycles. The van der Waals surface area contributed by atoms with E-state index in [0.717, 1.165) is 23.1 Å². The Morgan fingerprint density at radius 1 is 1.18 bits per heavy atom. The lowest BCUT2D eigenvalue weighted by molar-refractivity contribution is -0.137. The smallest absolute Gasteiger partial charge is 0.263 e. The first kappa shape index (κ1) is 24.7. The van der Waals surface area contributed by atoms with E-state index in [0.29, 0.717) is 31.7 Å². The van der Waals surface area contributed by atoms with Gasteiger partial charge in [-0.3, -0.25) is 9.59 Å². The fourth-order valence-corrected chi connectivity index (χ4v) is 4.31. The van der Waals surface area contributed by atoms with Crippen molar-refractivity contribution in [3.63, 3.8) is 0 Å². The molecule has 2 amide bonds. The van der Waals surface area contributed by atoms with E-state index in [1.807, 2.05) is 56.9 Å². The van der Waals surface area contributed by atoms with Crippen LogP contribution in [-0.4, -0.2) is 47.9 Å². The Kier molecular flexibility index (Phi) is 8.11. The van der Waals surface area contributed by atoms with Gasteiger partial charge in [0.25, 0.3) is 5.91 Å². The van der Waals surface area contributed by atoms with Gasteiger partial charge in [-0.25, -0.2) is 4.39 Å². The normalized spacial score (nSPS) is 16.3. The van der Waals surface area contributed by atoms with E-state index in [4.69, 9.17) is 4.74 Å². The molecule has 0 aliphatic carbocycles. The standard InChI is InChI=1S/C27H35FN2O3/c1-6-24(27(32)29(5)7-2)33-22-12-11-19-13-14-30(25(31)15-18(3)4)26(23(19)17-22)20-9-8-10-21(28)16-20/h8-12,16-18,24,26H,6-7,13-15H2,1-5H3/t24-,26+/m1/s1. The molecule has 0 saturated heterocycles. The van der Waals surface area contributed by atoms with Crippen molar-refractivity contribution in [1.29, 1.82) is 0 Å². The fourth-order valence-electron chi connectivity index (χ4n) is 4.31. The third kappa shape index (κ3) is 5.73. The summed E-state index contributed by atoms with van der Waals surface area (Å²) in [4.78, 5) is 29.3. The molecule has 33 heavy (non-hydrogen) atoms. The molecule has 0 bridgehead atoms. The number of likely N-dealkylation sites (N-methyl/N-ethyl adjacent to an activating group) is 1. The zero-order chi connectivity index (χ0) is 24.1. The van der Waals surface area contributed by atoms with Gasteiger partial charge in [0.05, 0.1) is 6.04 Å². The van der Waals surface area contributed by atoms with E-state index < -0.39 is 12.1 Å². The molecule has 1 aliphatic heterocycles. The van der Waals surface area contributed by atoms with Gasteiger partial charge in [0.15, 0.2) is 6.10 Å². The monoisotopic (exact) mass is 454 g/mol. The van der Waals surface area contributed by atoms with Crippen molar-refractivity contribution in [3.8, 4) is 5.75 Å². The van der Waals surface area contributed by atoms with Gasteiger partial charge in [0, 0.05) is 26.6 Å². The molecule has 0 saturated carbocycles. The van der Waals surface area contributed by atoms with Crippen LogP contribution in [0.4, 0.5) is 4.39 Å². The van der Waals surface area contributed by atoms with Gasteiger partial charge in [0.1, 0.15) is 11.6 Å². The van der Waals surface area contributed by atoms with Crippen molar-refractivity contribution in [2.24, 2.45) is 5.92 Å². The molecule has 1 heterocycles. The summed E-state index contributed by atoms with van der Waals surface area (Å²) >= 11 is 0. The van der Waals surface area contributed by atoms with Gasteiger partial charge >= 0.3 is 0 Å². The summed E-state index contributed by atoms with van der Waals surface area (Å²) in [6.07, 6.45) is 1.13. The van der Waals surface area contributed by atoms with Crippen LogP contribution in [0, 0.1) is 11.7 Å². The van der Waals surface area contributed by atoms with E-state index in [1.54, 1.807) is 18.0 Å². The summed E-state index contributed by atoms with van der Waals surface area (Å²) in [5.41, 5.74) is 2.77. The third-order valence-electron chi connectivity index (χ3n) is 6.19. The van der Waals surface area contributed by atoms with E-state index in [2.05, 4.69) is 0 Å². The largest absolute Gasteiger partial charge is 0.481 e. The van der Waals surface area contributed by atoms with Gasteiger partial charge in [0.2, 0.25) is 5.91 Å². The minimum atomic E-state index is -0.581.